The summed E-state index contributed by atoms with van der Waals surface area (Å²) < 4.78 is 10.3. The lowest BCUT2D eigenvalue weighted by molar-refractivity contribution is -0.122. The molecule has 3 saturated carbocycles. The average molecular weight is 756 g/mol. The van der Waals surface area contributed by atoms with Crippen molar-refractivity contribution in [3.63, 3.8) is 0 Å². The molecule has 0 bridgehead atoms. The van der Waals surface area contributed by atoms with Crippen molar-refractivity contribution in [1.29, 1.82) is 0 Å². The van der Waals surface area contributed by atoms with Gasteiger partial charge < -0.3 is 20.1 Å². The second-order valence-corrected chi connectivity index (χ2v) is 15.3. The van der Waals surface area contributed by atoms with Crippen molar-refractivity contribution in [2.24, 2.45) is 0 Å². The lowest BCUT2D eigenvalue weighted by Crippen LogP contribution is -2.49. The molecule has 1 saturated heterocycles. The molecule has 0 aromatic heterocycles. The van der Waals surface area contributed by atoms with Crippen molar-refractivity contribution in [2.75, 3.05) is 40.4 Å². The van der Waals surface area contributed by atoms with Crippen LogP contribution in [0, 0.1) is 0 Å². The van der Waals surface area contributed by atoms with Gasteiger partial charge in [0.2, 0.25) is 0 Å². The molecule has 3 aromatic carbocycles. The van der Waals surface area contributed by atoms with Crippen LogP contribution in [0.2, 0.25) is 0 Å². The van der Waals surface area contributed by atoms with Crippen molar-refractivity contribution in [3.8, 4) is 11.5 Å². The highest BCUT2D eigenvalue weighted by molar-refractivity contribution is 5.84. The minimum atomic E-state index is 0.179. The lowest BCUT2D eigenvalue weighted by atomic mass is 9.74. The second kappa shape index (κ2) is 26.6. The fraction of sp³-hybridized carbons (Fsp3) is 0.612. The molecule has 2 N–H and O–H groups in total. The molecular weight excluding hydrogens is 679 g/mol. The van der Waals surface area contributed by atoms with Crippen LogP contribution in [0.3, 0.4) is 0 Å². The Labute approximate surface area is 336 Å². The Balaban J connectivity index is 0.000000203. The zero-order valence-corrected chi connectivity index (χ0v) is 35.7. The smallest absolute Gasteiger partial charge is 0.149 e. The van der Waals surface area contributed by atoms with Crippen LogP contribution in [0.4, 0.5) is 0 Å². The largest absolute Gasteiger partial charge is 0.497 e. The van der Waals surface area contributed by atoms with Gasteiger partial charge in [-0.15, -0.1) is 0 Å². The minimum absolute atomic E-state index is 0.179. The van der Waals surface area contributed by atoms with Gasteiger partial charge in [0.05, 0.1) is 20.3 Å². The summed E-state index contributed by atoms with van der Waals surface area (Å²) in [6.45, 7) is 12.8. The van der Waals surface area contributed by atoms with Crippen molar-refractivity contribution >= 4 is 5.78 Å². The van der Waals surface area contributed by atoms with Crippen LogP contribution >= 0.6 is 0 Å². The van der Waals surface area contributed by atoms with Gasteiger partial charge in [0.25, 0.3) is 0 Å². The van der Waals surface area contributed by atoms with Gasteiger partial charge in [0.1, 0.15) is 17.3 Å². The number of ketones is 1. The average Bonchev–Trinajstić information content (AvgIpc) is 3.27. The first-order valence-corrected chi connectivity index (χ1v) is 22.1. The molecule has 3 aliphatic carbocycles. The number of carbonyl (C=O) groups excluding carboxylic acids is 1. The summed E-state index contributed by atoms with van der Waals surface area (Å²) >= 11 is 0. The summed E-state index contributed by atoms with van der Waals surface area (Å²) in [7, 11) is 3.40. The van der Waals surface area contributed by atoms with Crippen LogP contribution in [0.25, 0.3) is 0 Å². The summed E-state index contributed by atoms with van der Waals surface area (Å²) in [5.41, 5.74) is 3.52. The predicted octanol–water partition coefficient (Wildman–Crippen LogP) is 11.6. The topological polar surface area (TPSA) is 62.8 Å². The molecule has 1 aliphatic heterocycles. The van der Waals surface area contributed by atoms with Crippen molar-refractivity contribution in [1.82, 2.24) is 15.5 Å². The molecule has 0 amide bonds. The number of para-hydroxylation sites is 1. The monoisotopic (exact) mass is 756 g/mol. The Bertz CT molecular complexity index is 1390. The molecule has 4 aliphatic rings. The molecule has 55 heavy (non-hydrogen) atoms. The van der Waals surface area contributed by atoms with E-state index in [2.05, 4.69) is 71.0 Å². The first-order chi connectivity index (χ1) is 27.0. The van der Waals surface area contributed by atoms with E-state index >= 15 is 0 Å². The van der Waals surface area contributed by atoms with Crippen LogP contribution in [-0.2, 0) is 15.9 Å². The molecule has 1 unspecified atom stereocenters. The minimum Gasteiger partial charge on any atom is -0.497 e. The molecular formula is C49H77N3O3. The Kier molecular flexibility index (Phi) is 22.4. The number of piperidine rings is 1. The number of hydrogen-bond acceptors (Lipinski definition) is 6. The van der Waals surface area contributed by atoms with E-state index in [0.717, 1.165) is 43.9 Å². The van der Waals surface area contributed by atoms with Crippen LogP contribution in [0.5, 0.6) is 11.5 Å². The fourth-order valence-corrected chi connectivity index (χ4v) is 8.98. The standard InChI is InChI=1S/C17H25N.C15H23NO.C8H15NO.C7H8O.C2H6/c1-4-10-16(11-5-1)17(12-6-2-7-13-17)18-14-8-3-9-15-18;1-3-16-15(10-5-4-6-11-15)13-8-7-9-14(12-13)17-2;1-2-9-7-5-3-4-6-8(7)10;1-8-7-5-3-2-4-6-7;1-2/h1,4-5,10-11H,2-3,6-9,12-15H2;7-9,12,16H,3-6,10-11H2,1-2H3;7,9H,2-6H2,1H3;2-6H,1H3;1-2H3. The van der Waals surface area contributed by atoms with Crippen molar-refractivity contribution in [2.45, 2.75) is 154 Å². The van der Waals surface area contributed by atoms with E-state index in [1.807, 2.05) is 57.2 Å². The quantitative estimate of drug-likeness (QED) is 0.227. The number of nitrogens with one attached hydrogen (secondary N) is 2. The van der Waals surface area contributed by atoms with Crippen LogP contribution in [-0.4, -0.2) is 57.1 Å². The molecule has 4 fully saturated rings. The van der Waals surface area contributed by atoms with E-state index in [0.29, 0.717) is 11.3 Å². The SMILES string of the molecule is CC.CCNC1(c2cccc(OC)c2)CCCCC1.CCNC1CCCCC1=O.COc1ccccc1.c1ccc(C2(N3CCCCC3)CCCCC2)cc1. The number of benzene rings is 3. The highest BCUT2D eigenvalue weighted by atomic mass is 16.5. The van der Waals surface area contributed by atoms with Gasteiger partial charge in [-0.1, -0.05) is 140 Å². The molecule has 0 radical (unpaired) electrons. The Morgan fingerprint density at radius 3 is 1.71 bits per heavy atom. The van der Waals surface area contributed by atoms with Crippen molar-refractivity contribution in [3.05, 3.63) is 96.1 Å². The molecule has 6 heteroatoms. The zero-order chi connectivity index (χ0) is 39.6. The van der Waals surface area contributed by atoms with Gasteiger partial charge in [-0.25, -0.2) is 0 Å². The first kappa shape index (κ1) is 46.2. The molecule has 6 nitrogen and oxygen atoms in total. The zero-order valence-electron chi connectivity index (χ0n) is 35.7. The maximum Gasteiger partial charge on any atom is 0.149 e. The summed E-state index contributed by atoms with van der Waals surface area (Å²) in [4.78, 5) is 13.9. The highest BCUT2D eigenvalue weighted by Gasteiger charge is 2.39. The number of ether oxygens (including phenoxy) is 2. The Morgan fingerprint density at radius 2 is 1.16 bits per heavy atom. The van der Waals surface area contributed by atoms with Gasteiger partial charge >= 0.3 is 0 Å². The first-order valence-electron chi connectivity index (χ1n) is 22.1. The van der Waals surface area contributed by atoms with Gasteiger partial charge in [-0.2, -0.15) is 0 Å². The molecule has 0 spiro atoms. The number of likely N-dealkylation sites (tertiary alicyclic amines) is 1. The highest BCUT2D eigenvalue weighted by Crippen LogP contribution is 2.43. The summed E-state index contributed by atoms with van der Waals surface area (Å²) in [5, 5.41) is 6.89. The number of methoxy groups -OCH3 is 2. The van der Waals surface area contributed by atoms with Crippen molar-refractivity contribution < 1.29 is 14.3 Å². The number of rotatable bonds is 9. The Hall–Kier alpha value is -3.19. The maximum absolute atomic E-state index is 11.1. The van der Waals surface area contributed by atoms with E-state index in [-0.39, 0.29) is 11.6 Å². The number of hydrogen-bond donors (Lipinski definition) is 2. The predicted molar refractivity (Wildman–Crippen MR) is 233 cm³/mol. The van der Waals surface area contributed by atoms with Crippen LogP contribution < -0.4 is 20.1 Å². The van der Waals surface area contributed by atoms with E-state index in [1.54, 1.807) is 19.8 Å². The molecule has 1 heterocycles. The van der Waals surface area contributed by atoms with Crippen LogP contribution in [0.1, 0.15) is 148 Å². The number of carbonyl (C=O) groups is 1. The number of nitrogens with zero attached hydrogens (tertiary/aromatic N) is 1. The van der Waals surface area contributed by atoms with E-state index in [9.17, 15) is 4.79 Å². The third-order valence-electron chi connectivity index (χ3n) is 11.8. The van der Waals surface area contributed by atoms with Gasteiger partial charge in [0, 0.05) is 17.5 Å². The second-order valence-electron chi connectivity index (χ2n) is 15.3. The molecule has 1 atom stereocenters. The number of Topliss-reactive ketones (excluding diaryl/α,β-unsaturated/α-hetero) is 1. The van der Waals surface area contributed by atoms with E-state index in [1.165, 1.54) is 109 Å². The van der Waals surface area contributed by atoms with E-state index in [4.69, 9.17) is 9.47 Å². The third-order valence-corrected chi connectivity index (χ3v) is 11.8. The van der Waals surface area contributed by atoms with E-state index < -0.39 is 0 Å². The van der Waals surface area contributed by atoms with Gasteiger partial charge in [-0.05, 0) is 113 Å². The fourth-order valence-electron chi connectivity index (χ4n) is 8.98. The molecule has 3 aromatic rings. The van der Waals surface area contributed by atoms with Gasteiger partial charge in [-0.3, -0.25) is 9.69 Å². The summed E-state index contributed by atoms with van der Waals surface area (Å²) in [6, 6.07) is 29.7. The normalized spacial score (nSPS) is 20.3. The summed E-state index contributed by atoms with van der Waals surface area (Å²) in [6.07, 6.45) is 21.9. The maximum atomic E-state index is 11.1. The lowest BCUT2D eigenvalue weighted by Gasteiger charge is -2.48. The molecule has 306 valence electrons. The number of likely N-dealkylation sites (N-methyl/N-ethyl adjacent to an activating group) is 1. The Morgan fingerprint density at radius 1 is 0.618 bits per heavy atom. The molecule has 7 rings (SSSR count). The summed E-state index contributed by atoms with van der Waals surface area (Å²) in [5.74, 6) is 2.28. The van der Waals surface area contributed by atoms with Gasteiger partial charge in [0.15, 0.2) is 0 Å². The van der Waals surface area contributed by atoms with Crippen LogP contribution in [0.15, 0.2) is 84.9 Å². The third kappa shape index (κ3) is 14.7.